The maximum absolute atomic E-state index is 2.36. The molecule has 0 saturated heterocycles. The van der Waals surface area contributed by atoms with Crippen molar-refractivity contribution in [1.29, 1.82) is 0 Å². The van der Waals surface area contributed by atoms with Crippen LogP contribution in [0.3, 0.4) is 0 Å². The molecule has 20 heavy (non-hydrogen) atoms. The van der Waals surface area contributed by atoms with Crippen molar-refractivity contribution in [2.45, 2.75) is 26.7 Å². The first-order valence-electron chi connectivity index (χ1n) is 6.89. The van der Waals surface area contributed by atoms with Gasteiger partial charge in [-0.3, -0.25) is 0 Å². The fourth-order valence-electron chi connectivity index (χ4n) is 2.49. The van der Waals surface area contributed by atoms with Crippen molar-refractivity contribution in [2.75, 3.05) is 0 Å². The Hall–Kier alpha value is -0.360. The lowest BCUT2D eigenvalue weighted by Gasteiger charge is -2.14. The Morgan fingerprint density at radius 1 is 0.650 bits per heavy atom. The van der Waals surface area contributed by atoms with Crippen molar-refractivity contribution in [3.63, 3.8) is 0 Å². The van der Waals surface area contributed by atoms with Gasteiger partial charge >= 0.3 is 0 Å². The molecule has 2 heteroatoms. The van der Waals surface area contributed by atoms with Crippen molar-refractivity contribution in [3.05, 3.63) is 66.8 Å². The highest BCUT2D eigenvalue weighted by Gasteiger charge is 2.08. The molecule has 0 nitrogen and oxygen atoms in total. The van der Waals surface area contributed by atoms with Gasteiger partial charge in [0, 0.05) is 7.14 Å². The van der Waals surface area contributed by atoms with Gasteiger partial charge in [-0.25, -0.2) is 0 Å². The summed E-state index contributed by atoms with van der Waals surface area (Å²) >= 11 is 4.71. The van der Waals surface area contributed by atoms with E-state index in [1.807, 2.05) is 0 Å². The molecule has 0 fully saturated rings. The van der Waals surface area contributed by atoms with Crippen LogP contribution in [0.5, 0.6) is 0 Å². The zero-order valence-corrected chi connectivity index (χ0v) is 16.1. The van der Waals surface area contributed by atoms with Gasteiger partial charge in [0.2, 0.25) is 0 Å². The van der Waals surface area contributed by atoms with E-state index in [1.54, 1.807) is 0 Å². The molecule has 0 N–H and O–H groups in total. The highest BCUT2D eigenvalue weighted by molar-refractivity contribution is 14.1. The molecule has 2 aromatic carbocycles. The van der Waals surface area contributed by atoms with Crippen LogP contribution < -0.4 is 0 Å². The van der Waals surface area contributed by atoms with E-state index in [-0.39, 0.29) is 0 Å². The van der Waals surface area contributed by atoms with E-state index in [2.05, 4.69) is 108 Å². The third kappa shape index (κ3) is 3.85. The summed E-state index contributed by atoms with van der Waals surface area (Å²) in [6, 6.07) is 17.7. The molecule has 0 atom stereocenters. The molecule has 104 valence electrons. The summed E-state index contributed by atoms with van der Waals surface area (Å²) in [7, 11) is 0. The molecular formula is C18H18I2. The van der Waals surface area contributed by atoms with Gasteiger partial charge in [-0.2, -0.15) is 0 Å². The molecule has 0 aliphatic carbocycles. The van der Waals surface area contributed by atoms with Crippen LogP contribution >= 0.6 is 45.2 Å². The molecule has 0 aromatic heterocycles. The van der Waals surface area contributed by atoms with Crippen LogP contribution in [0.25, 0.3) is 11.1 Å². The van der Waals surface area contributed by atoms with E-state index >= 15 is 0 Å². The average Bonchev–Trinajstić information content (AvgIpc) is 2.47. The molecule has 2 aromatic rings. The Balaban J connectivity index is 2.52. The maximum Gasteiger partial charge on any atom is 0.0130 e. The van der Waals surface area contributed by atoms with Crippen LogP contribution in [-0.2, 0) is 0 Å². The Kier molecular flexibility index (Phi) is 6.08. The third-order valence-electron chi connectivity index (χ3n) is 3.46. The average molecular weight is 488 g/mol. The quantitative estimate of drug-likeness (QED) is 0.335. The second-order valence-electron chi connectivity index (χ2n) is 4.68. The number of hydrogen-bond donors (Lipinski definition) is 0. The van der Waals surface area contributed by atoms with E-state index < -0.39 is 0 Å². The lowest BCUT2D eigenvalue weighted by molar-refractivity contribution is 1.18. The van der Waals surface area contributed by atoms with E-state index in [1.165, 1.54) is 29.4 Å². The number of benzene rings is 2. The molecule has 0 saturated carbocycles. The second kappa shape index (κ2) is 7.59. The Morgan fingerprint density at radius 2 is 0.950 bits per heavy atom. The van der Waals surface area contributed by atoms with Crippen LogP contribution in [0.4, 0.5) is 0 Å². The molecule has 0 aliphatic heterocycles. The number of allylic oxidation sites excluding steroid dienone is 2. The van der Waals surface area contributed by atoms with Gasteiger partial charge in [-0.1, -0.05) is 38.1 Å². The van der Waals surface area contributed by atoms with Crippen LogP contribution in [0.15, 0.2) is 48.5 Å². The first kappa shape index (κ1) is 16.0. The van der Waals surface area contributed by atoms with E-state index in [9.17, 15) is 0 Å². The van der Waals surface area contributed by atoms with Gasteiger partial charge in [-0.05, 0) is 105 Å². The SMILES string of the molecule is CC/C(=C(/CC)c1ccc(I)cc1)c1ccc(I)cc1. The van der Waals surface area contributed by atoms with Gasteiger partial charge in [0.1, 0.15) is 0 Å². The van der Waals surface area contributed by atoms with Gasteiger partial charge in [0.25, 0.3) is 0 Å². The first-order chi connectivity index (χ1) is 9.65. The molecule has 0 bridgehead atoms. The van der Waals surface area contributed by atoms with Gasteiger partial charge in [0.05, 0.1) is 0 Å². The number of hydrogen-bond acceptors (Lipinski definition) is 0. The molecule has 2 rings (SSSR count). The molecular weight excluding hydrogens is 470 g/mol. The third-order valence-corrected chi connectivity index (χ3v) is 4.90. The van der Waals surface area contributed by atoms with Crippen LogP contribution in [0.2, 0.25) is 0 Å². The molecule has 0 unspecified atom stereocenters. The molecule has 0 amide bonds. The van der Waals surface area contributed by atoms with Crippen LogP contribution in [0, 0.1) is 7.14 Å². The van der Waals surface area contributed by atoms with Gasteiger partial charge in [-0.15, -0.1) is 0 Å². The summed E-state index contributed by atoms with van der Waals surface area (Å²) in [6.07, 6.45) is 2.13. The van der Waals surface area contributed by atoms with Gasteiger partial charge in [0.15, 0.2) is 0 Å². The minimum absolute atomic E-state index is 1.07. The number of rotatable bonds is 4. The summed E-state index contributed by atoms with van der Waals surface area (Å²) in [5.74, 6) is 0. The number of halogens is 2. The zero-order chi connectivity index (χ0) is 14.5. The summed E-state index contributed by atoms with van der Waals surface area (Å²) < 4.78 is 2.57. The van der Waals surface area contributed by atoms with E-state index in [4.69, 9.17) is 0 Å². The molecule has 0 spiro atoms. The summed E-state index contributed by atoms with van der Waals surface area (Å²) in [5, 5.41) is 0. The standard InChI is InChI=1S/C18H18I2/c1-3-17(13-5-9-15(19)10-6-13)18(4-2)14-7-11-16(20)12-8-14/h5-12H,3-4H2,1-2H3/b18-17+. The second-order valence-corrected chi connectivity index (χ2v) is 7.17. The van der Waals surface area contributed by atoms with Crippen molar-refractivity contribution in [1.82, 2.24) is 0 Å². The molecule has 0 aliphatic rings. The largest absolute Gasteiger partial charge is 0.0613 e. The predicted octanol–water partition coefficient (Wildman–Crippen LogP) is 6.63. The topological polar surface area (TPSA) is 0 Å². The molecule has 0 heterocycles. The highest BCUT2D eigenvalue weighted by Crippen LogP contribution is 2.31. The zero-order valence-electron chi connectivity index (χ0n) is 11.8. The van der Waals surface area contributed by atoms with Crippen molar-refractivity contribution < 1.29 is 0 Å². The minimum atomic E-state index is 1.07. The Bertz CT molecular complexity index is 537. The van der Waals surface area contributed by atoms with Crippen molar-refractivity contribution >= 4 is 56.3 Å². The fourth-order valence-corrected chi connectivity index (χ4v) is 3.20. The minimum Gasteiger partial charge on any atom is -0.0613 e. The highest BCUT2D eigenvalue weighted by atomic mass is 127. The van der Waals surface area contributed by atoms with E-state index in [0.29, 0.717) is 0 Å². The van der Waals surface area contributed by atoms with Crippen LogP contribution in [-0.4, -0.2) is 0 Å². The smallest absolute Gasteiger partial charge is 0.0130 e. The monoisotopic (exact) mass is 488 g/mol. The first-order valence-corrected chi connectivity index (χ1v) is 9.05. The maximum atomic E-state index is 2.36. The lowest BCUT2D eigenvalue weighted by Crippen LogP contribution is -1.92. The Labute approximate surface area is 149 Å². The summed E-state index contributed by atoms with van der Waals surface area (Å²) in [6.45, 7) is 4.49. The normalized spacial score (nSPS) is 12.2. The Morgan fingerprint density at radius 3 is 1.20 bits per heavy atom. The van der Waals surface area contributed by atoms with Crippen molar-refractivity contribution in [3.8, 4) is 0 Å². The van der Waals surface area contributed by atoms with Gasteiger partial charge < -0.3 is 0 Å². The summed E-state index contributed by atoms with van der Waals surface area (Å²) in [5.41, 5.74) is 5.63. The van der Waals surface area contributed by atoms with Crippen molar-refractivity contribution in [2.24, 2.45) is 0 Å². The summed E-state index contributed by atoms with van der Waals surface area (Å²) in [4.78, 5) is 0. The van der Waals surface area contributed by atoms with Crippen LogP contribution in [0.1, 0.15) is 37.8 Å². The van der Waals surface area contributed by atoms with E-state index in [0.717, 1.165) is 12.8 Å². The molecule has 0 radical (unpaired) electrons. The lowest BCUT2D eigenvalue weighted by atomic mass is 9.91. The predicted molar refractivity (Wildman–Crippen MR) is 106 cm³/mol. The fraction of sp³-hybridized carbons (Fsp3) is 0.222.